The number of nitrogens with zero attached hydrogens (tertiary/aromatic N) is 1. The molecule has 0 spiro atoms. The molecule has 21 heavy (non-hydrogen) atoms. The van der Waals surface area contributed by atoms with Crippen molar-refractivity contribution in [2.24, 2.45) is 5.92 Å². The van der Waals surface area contributed by atoms with Crippen molar-refractivity contribution >= 4 is 11.7 Å². The highest BCUT2D eigenvalue weighted by atomic mass is 16.5. The standard InChI is InChI=1S/C16H23N3O2/c1-2-8-17-14-6-5-12(10-18-14)16(20)19-13-7-9-21-15(13)11-3-4-11/h5-6,10-11,13,15H,2-4,7-9H2,1H3,(H,17,18)(H,19,20). The molecule has 0 aromatic carbocycles. The van der Waals surface area contributed by atoms with Crippen molar-refractivity contribution in [1.82, 2.24) is 10.3 Å². The van der Waals surface area contributed by atoms with Gasteiger partial charge in [0.05, 0.1) is 17.7 Å². The van der Waals surface area contributed by atoms with Gasteiger partial charge in [-0.15, -0.1) is 0 Å². The zero-order valence-electron chi connectivity index (χ0n) is 12.5. The maximum atomic E-state index is 12.3. The van der Waals surface area contributed by atoms with Crippen LogP contribution in [0.1, 0.15) is 43.0 Å². The van der Waals surface area contributed by atoms with E-state index in [0.717, 1.165) is 31.8 Å². The molecule has 2 unspecified atom stereocenters. The van der Waals surface area contributed by atoms with Crippen LogP contribution in [-0.2, 0) is 4.74 Å². The Morgan fingerprint density at radius 2 is 2.24 bits per heavy atom. The number of hydrogen-bond donors (Lipinski definition) is 2. The molecule has 2 N–H and O–H groups in total. The SMILES string of the molecule is CCCNc1ccc(C(=O)NC2CCOC2C2CC2)cn1. The molecule has 0 radical (unpaired) electrons. The Bertz CT molecular complexity index is 485. The van der Waals surface area contributed by atoms with Crippen molar-refractivity contribution in [2.75, 3.05) is 18.5 Å². The van der Waals surface area contributed by atoms with Gasteiger partial charge in [0.25, 0.3) is 5.91 Å². The minimum Gasteiger partial charge on any atom is -0.376 e. The molecule has 5 heteroatoms. The Morgan fingerprint density at radius 1 is 1.38 bits per heavy atom. The van der Waals surface area contributed by atoms with Crippen LogP contribution in [0.3, 0.4) is 0 Å². The predicted octanol–water partition coefficient (Wildman–Crippen LogP) is 2.20. The molecule has 2 atom stereocenters. The topological polar surface area (TPSA) is 63.2 Å². The molecule has 1 saturated carbocycles. The van der Waals surface area contributed by atoms with Gasteiger partial charge < -0.3 is 15.4 Å². The van der Waals surface area contributed by atoms with E-state index in [2.05, 4.69) is 22.5 Å². The number of amides is 1. The van der Waals surface area contributed by atoms with Gasteiger partial charge in [-0.05, 0) is 43.7 Å². The molecule has 2 fully saturated rings. The van der Waals surface area contributed by atoms with E-state index in [-0.39, 0.29) is 18.1 Å². The molecule has 2 aliphatic rings. The van der Waals surface area contributed by atoms with Crippen LogP contribution in [-0.4, -0.2) is 36.2 Å². The van der Waals surface area contributed by atoms with Crippen LogP contribution >= 0.6 is 0 Å². The van der Waals surface area contributed by atoms with Crippen LogP contribution in [0.2, 0.25) is 0 Å². The van der Waals surface area contributed by atoms with Crippen LogP contribution in [0.5, 0.6) is 0 Å². The maximum Gasteiger partial charge on any atom is 0.253 e. The number of hydrogen-bond acceptors (Lipinski definition) is 4. The molecule has 1 aromatic rings. The predicted molar refractivity (Wildman–Crippen MR) is 81.4 cm³/mol. The normalized spacial score (nSPS) is 24.8. The molecular formula is C16H23N3O2. The molecule has 0 bridgehead atoms. The van der Waals surface area contributed by atoms with E-state index < -0.39 is 0 Å². The summed E-state index contributed by atoms with van der Waals surface area (Å²) in [7, 11) is 0. The van der Waals surface area contributed by atoms with Gasteiger partial charge in [-0.2, -0.15) is 0 Å². The lowest BCUT2D eigenvalue weighted by Crippen LogP contribution is -2.41. The van der Waals surface area contributed by atoms with Crippen LogP contribution in [0.4, 0.5) is 5.82 Å². The van der Waals surface area contributed by atoms with Gasteiger partial charge in [0.2, 0.25) is 0 Å². The Morgan fingerprint density at radius 3 is 2.90 bits per heavy atom. The summed E-state index contributed by atoms with van der Waals surface area (Å²) < 4.78 is 5.75. The average Bonchev–Trinajstić information content (AvgIpc) is 3.26. The van der Waals surface area contributed by atoms with Gasteiger partial charge in [0.1, 0.15) is 5.82 Å². The summed E-state index contributed by atoms with van der Waals surface area (Å²) in [5.41, 5.74) is 0.610. The Labute approximate surface area is 125 Å². The molecule has 1 aliphatic heterocycles. The van der Waals surface area contributed by atoms with Gasteiger partial charge in [0, 0.05) is 19.3 Å². The van der Waals surface area contributed by atoms with E-state index in [1.165, 1.54) is 12.8 Å². The third-order valence-electron chi connectivity index (χ3n) is 4.12. The number of carbonyl (C=O) groups excluding carboxylic acids is 1. The summed E-state index contributed by atoms with van der Waals surface area (Å²) in [6.07, 6.45) is 6.28. The van der Waals surface area contributed by atoms with Crippen molar-refractivity contribution in [1.29, 1.82) is 0 Å². The number of anilines is 1. The fourth-order valence-electron chi connectivity index (χ4n) is 2.79. The third-order valence-corrected chi connectivity index (χ3v) is 4.12. The lowest BCUT2D eigenvalue weighted by Gasteiger charge is -2.19. The second kappa shape index (κ2) is 6.43. The Hall–Kier alpha value is -1.62. The smallest absolute Gasteiger partial charge is 0.253 e. The van der Waals surface area contributed by atoms with E-state index in [4.69, 9.17) is 4.74 Å². The van der Waals surface area contributed by atoms with Crippen molar-refractivity contribution in [3.05, 3.63) is 23.9 Å². The Balaban J connectivity index is 1.57. The van der Waals surface area contributed by atoms with Gasteiger partial charge in [-0.25, -0.2) is 4.98 Å². The van der Waals surface area contributed by atoms with Crippen LogP contribution in [0, 0.1) is 5.92 Å². The van der Waals surface area contributed by atoms with Gasteiger partial charge >= 0.3 is 0 Å². The molecule has 114 valence electrons. The largest absolute Gasteiger partial charge is 0.376 e. The van der Waals surface area contributed by atoms with Crippen LogP contribution in [0.15, 0.2) is 18.3 Å². The van der Waals surface area contributed by atoms with Crippen molar-refractivity contribution < 1.29 is 9.53 Å². The van der Waals surface area contributed by atoms with Crippen molar-refractivity contribution in [3.8, 4) is 0 Å². The van der Waals surface area contributed by atoms with E-state index in [1.807, 2.05) is 12.1 Å². The third kappa shape index (κ3) is 3.53. The Kier molecular flexibility index (Phi) is 4.39. The van der Waals surface area contributed by atoms with Crippen LogP contribution in [0.25, 0.3) is 0 Å². The fraction of sp³-hybridized carbons (Fsp3) is 0.625. The number of aromatic nitrogens is 1. The van der Waals surface area contributed by atoms with Gasteiger partial charge in [-0.1, -0.05) is 6.92 Å². The van der Waals surface area contributed by atoms with E-state index in [1.54, 1.807) is 6.20 Å². The fourth-order valence-corrected chi connectivity index (χ4v) is 2.79. The van der Waals surface area contributed by atoms with E-state index >= 15 is 0 Å². The first-order valence-corrected chi connectivity index (χ1v) is 7.90. The molecule has 1 saturated heterocycles. The second-order valence-electron chi connectivity index (χ2n) is 5.90. The molecular weight excluding hydrogens is 266 g/mol. The lowest BCUT2D eigenvalue weighted by atomic mass is 10.1. The summed E-state index contributed by atoms with van der Waals surface area (Å²) in [6, 6.07) is 3.83. The number of carbonyl (C=O) groups is 1. The molecule has 5 nitrogen and oxygen atoms in total. The summed E-state index contributed by atoms with van der Waals surface area (Å²) in [5, 5.41) is 6.31. The second-order valence-corrected chi connectivity index (χ2v) is 5.90. The quantitative estimate of drug-likeness (QED) is 0.842. The van der Waals surface area contributed by atoms with Crippen LogP contribution < -0.4 is 10.6 Å². The summed E-state index contributed by atoms with van der Waals surface area (Å²) in [6.45, 7) is 3.75. The van der Waals surface area contributed by atoms with Gasteiger partial charge in [0.15, 0.2) is 0 Å². The highest BCUT2D eigenvalue weighted by Crippen LogP contribution is 2.38. The summed E-state index contributed by atoms with van der Waals surface area (Å²) in [5.74, 6) is 1.41. The first kappa shape index (κ1) is 14.3. The number of nitrogens with one attached hydrogen (secondary N) is 2. The number of pyridine rings is 1. The van der Waals surface area contributed by atoms with Crippen molar-refractivity contribution in [3.63, 3.8) is 0 Å². The minimum atomic E-state index is -0.0503. The molecule has 2 heterocycles. The first-order chi connectivity index (χ1) is 10.3. The number of rotatable bonds is 6. The van der Waals surface area contributed by atoms with E-state index in [9.17, 15) is 4.79 Å². The highest BCUT2D eigenvalue weighted by molar-refractivity contribution is 5.94. The minimum absolute atomic E-state index is 0.0503. The summed E-state index contributed by atoms with van der Waals surface area (Å²) in [4.78, 5) is 16.6. The number of ether oxygens (including phenoxy) is 1. The molecule has 3 rings (SSSR count). The zero-order chi connectivity index (χ0) is 14.7. The van der Waals surface area contributed by atoms with Crippen molar-refractivity contribution in [2.45, 2.75) is 44.8 Å². The maximum absolute atomic E-state index is 12.3. The molecule has 1 aromatic heterocycles. The lowest BCUT2D eigenvalue weighted by molar-refractivity contribution is 0.0729. The van der Waals surface area contributed by atoms with E-state index in [0.29, 0.717) is 11.5 Å². The van der Waals surface area contributed by atoms with Gasteiger partial charge in [-0.3, -0.25) is 4.79 Å². The molecule has 1 amide bonds. The highest BCUT2D eigenvalue weighted by Gasteiger charge is 2.41. The monoisotopic (exact) mass is 289 g/mol. The summed E-state index contributed by atoms with van der Waals surface area (Å²) >= 11 is 0. The molecule has 1 aliphatic carbocycles. The first-order valence-electron chi connectivity index (χ1n) is 7.90. The zero-order valence-corrected chi connectivity index (χ0v) is 12.5. The average molecular weight is 289 g/mol.